The van der Waals surface area contributed by atoms with Gasteiger partial charge < -0.3 is 10.1 Å². The normalized spacial score (nSPS) is 15.6. The molecule has 4 nitrogen and oxygen atoms in total. The van der Waals surface area contributed by atoms with E-state index in [0.717, 1.165) is 38.2 Å². The zero-order chi connectivity index (χ0) is 19.9. The van der Waals surface area contributed by atoms with Gasteiger partial charge in [0.15, 0.2) is 0 Å². The van der Waals surface area contributed by atoms with Crippen molar-refractivity contribution < 1.29 is 13.9 Å². The number of likely N-dealkylation sites (tertiary alicyclic amines) is 1. The molecule has 1 saturated heterocycles. The topological polar surface area (TPSA) is 41.6 Å². The fourth-order valence-corrected chi connectivity index (χ4v) is 3.54. The molecular formula is C23H29FN2O2. The summed E-state index contributed by atoms with van der Waals surface area (Å²) in [5.41, 5.74) is 1.74. The van der Waals surface area contributed by atoms with E-state index in [1.54, 1.807) is 0 Å². The van der Waals surface area contributed by atoms with Gasteiger partial charge in [0.1, 0.15) is 18.2 Å². The fourth-order valence-electron chi connectivity index (χ4n) is 3.54. The van der Waals surface area contributed by atoms with Gasteiger partial charge in [-0.1, -0.05) is 32.0 Å². The van der Waals surface area contributed by atoms with E-state index in [9.17, 15) is 9.18 Å². The van der Waals surface area contributed by atoms with Gasteiger partial charge in [0.2, 0.25) is 0 Å². The van der Waals surface area contributed by atoms with Gasteiger partial charge >= 0.3 is 0 Å². The van der Waals surface area contributed by atoms with Crippen molar-refractivity contribution in [2.45, 2.75) is 38.6 Å². The van der Waals surface area contributed by atoms with Crippen molar-refractivity contribution in [3.05, 3.63) is 65.5 Å². The zero-order valence-electron chi connectivity index (χ0n) is 16.7. The zero-order valence-corrected chi connectivity index (χ0v) is 16.7. The van der Waals surface area contributed by atoms with Crippen molar-refractivity contribution in [1.82, 2.24) is 10.2 Å². The summed E-state index contributed by atoms with van der Waals surface area (Å²) in [4.78, 5) is 14.6. The van der Waals surface area contributed by atoms with Crippen molar-refractivity contribution >= 4 is 5.91 Å². The lowest BCUT2D eigenvalue weighted by molar-refractivity contribution is 0.0905. The molecule has 1 N–H and O–H groups in total. The first-order valence-electron chi connectivity index (χ1n) is 10.0. The third kappa shape index (κ3) is 5.55. The van der Waals surface area contributed by atoms with Gasteiger partial charge in [0, 0.05) is 31.2 Å². The van der Waals surface area contributed by atoms with Gasteiger partial charge in [0.05, 0.1) is 0 Å². The molecule has 0 unspecified atom stereocenters. The van der Waals surface area contributed by atoms with Crippen LogP contribution in [0.4, 0.5) is 4.39 Å². The number of nitrogens with zero attached hydrogens (tertiary/aromatic N) is 1. The molecule has 1 heterocycles. The van der Waals surface area contributed by atoms with E-state index < -0.39 is 0 Å². The Balaban J connectivity index is 1.40. The molecule has 0 aromatic heterocycles. The highest BCUT2D eigenvalue weighted by Crippen LogP contribution is 2.25. The number of amides is 1. The second-order valence-corrected chi connectivity index (χ2v) is 7.64. The predicted octanol–water partition coefficient (Wildman–Crippen LogP) is 4.22. The van der Waals surface area contributed by atoms with Crippen LogP contribution in [0.5, 0.6) is 5.75 Å². The maximum absolute atomic E-state index is 13.0. The highest BCUT2D eigenvalue weighted by molar-refractivity contribution is 5.94. The molecular weight excluding hydrogens is 355 g/mol. The molecule has 0 aliphatic carbocycles. The Kier molecular flexibility index (Phi) is 7.04. The Morgan fingerprint density at radius 2 is 1.82 bits per heavy atom. The molecule has 1 fully saturated rings. The highest BCUT2D eigenvalue weighted by atomic mass is 19.1. The average molecular weight is 384 g/mol. The van der Waals surface area contributed by atoms with E-state index in [1.165, 1.54) is 29.8 Å². The van der Waals surface area contributed by atoms with Crippen LogP contribution in [0.15, 0.2) is 48.5 Å². The standard InChI is InChI=1S/C23H29FN2O2/c1-17(2)21-5-3-4-6-22(21)28-16-15-26-13-11-20(12-14-26)25-23(27)18-7-9-19(24)10-8-18/h3-10,17,20H,11-16H2,1-2H3,(H,25,27). The molecule has 1 aliphatic heterocycles. The molecule has 0 spiro atoms. The van der Waals surface area contributed by atoms with Gasteiger partial charge in [0.25, 0.3) is 5.91 Å². The minimum atomic E-state index is -0.330. The van der Waals surface area contributed by atoms with Crippen LogP contribution in [-0.4, -0.2) is 43.1 Å². The van der Waals surface area contributed by atoms with Gasteiger partial charge in [-0.2, -0.15) is 0 Å². The van der Waals surface area contributed by atoms with Crippen LogP contribution in [-0.2, 0) is 0 Å². The van der Waals surface area contributed by atoms with Crippen LogP contribution in [0.2, 0.25) is 0 Å². The second kappa shape index (κ2) is 9.69. The van der Waals surface area contributed by atoms with Crippen LogP contribution >= 0.6 is 0 Å². The Morgan fingerprint density at radius 3 is 2.50 bits per heavy atom. The molecule has 5 heteroatoms. The third-order valence-corrected chi connectivity index (χ3v) is 5.24. The summed E-state index contributed by atoms with van der Waals surface area (Å²) in [5, 5.41) is 3.06. The molecule has 0 saturated carbocycles. The Bertz CT molecular complexity index is 768. The van der Waals surface area contributed by atoms with Crippen LogP contribution in [0.25, 0.3) is 0 Å². The number of nitrogens with one attached hydrogen (secondary N) is 1. The van der Waals surface area contributed by atoms with E-state index in [2.05, 4.69) is 30.1 Å². The van der Waals surface area contributed by atoms with Gasteiger partial charge in [-0.3, -0.25) is 9.69 Å². The van der Waals surface area contributed by atoms with Crippen molar-refractivity contribution in [1.29, 1.82) is 0 Å². The first-order chi connectivity index (χ1) is 13.5. The van der Waals surface area contributed by atoms with E-state index in [1.807, 2.05) is 18.2 Å². The van der Waals surface area contributed by atoms with Crippen molar-refractivity contribution in [2.24, 2.45) is 0 Å². The lowest BCUT2D eigenvalue weighted by Gasteiger charge is -2.32. The van der Waals surface area contributed by atoms with Gasteiger partial charge in [-0.25, -0.2) is 4.39 Å². The third-order valence-electron chi connectivity index (χ3n) is 5.24. The first-order valence-corrected chi connectivity index (χ1v) is 10.0. The summed E-state index contributed by atoms with van der Waals surface area (Å²) >= 11 is 0. The average Bonchev–Trinajstić information content (AvgIpc) is 2.70. The van der Waals surface area contributed by atoms with E-state index in [4.69, 9.17) is 4.74 Å². The van der Waals surface area contributed by atoms with Crippen molar-refractivity contribution in [3.8, 4) is 5.75 Å². The van der Waals surface area contributed by atoms with E-state index in [0.29, 0.717) is 18.1 Å². The van der Waals surface area contributed by atoms with Crippen molar-refractivity contribution in [2.75, 3.05) is 26.2 Å². The fraction of sp³-hybridized carbons (Fsp3) is 0.435. The minimum Gasteiger partial charge on any atom is -0.492 e. The van der Waals surface area contributed by atoms with Gasteiger partial charge in [-0.15, -0.1) is 0 Å². The van der Waals surface area contributed by atoms with E-state index >= 15 is 0 Å². The number of carbonyl (C=O) groups is 1. The molecule has 0 atom stereocenters. The van der Waals surface area contributed by atoms with E-state index in [-0.39, 0.29) is 17.8 Å². The summed E-state index contributed by atoms with van der Waals surface area (Å²) in [7, 11) is 0. The number of benzene rings is 2. The molecule has 150 valence electrons. The lowest BCUT2D eigenvalue weighted by atomic mass is 10.0. The highest BCUT2D eigenvalue weighted by Gasteiger charge is 2.21. The quantitative estimate of drug-likeness (QED) is 0.777. The predicted molar refractivity (Wildman–Crippen MR) is 109 cm³/mol. The minimum absolute atomic E-state index is 0.132. The number of ether oxygens (including phenoxy) is 1. The summed E-state index contributed by atoms with van der Waals surface area (Å²) in [5.74, 6) is 0.950. The number of hydrogen-bond acceptors (Lipinski definition) is 3. The second-order valence-electron chi connectivity index (χ2n) is 7.64. The molecule has 0 radical (unpaired) electrons. The smallest absolute Gasteiger partial charge is 0.251 e. The van der Waals surface area contributed by atoms with Gasteiger partial charge in [-0.05, 0) is 54.7 Å². The summed E-state index contributed by atoms with van der Waals surface area (Å²) in [6.07, 6.45) is 1.82. The number of carbonyl (C=O) groups excluding carboxylic acids is 1. The number of halogens is 1. The molecule has 2 aromatic rings. The Morgan fingerprint density at radius 1 is 1.14 bits per heavy atom. The number of rotatable bonds is 7. The lowest BCUT2D eigenvalue weighted by Crippen LogP contribution is -2.45. The molecule has 0 bridgehead atoms. The maximum atomic E-state index is 13.0. The SMILES string of the molecule is CC(C)c1ccccc1OCCN1CCC(NC(=O)c2ccc(F)cc2)CC1. The number of piperidine rings is 1. The number of hydrogen-bond donors (Lipinski definition) is 1. The summed E-state index contributed by atoms with van der Waals surface area (Å²) in [6, 6.07) is 14.0. The number of para-hydroxylation sites is 1. The van der Waals surface area contributed by atoms with Crippen LogP contribution < -0.4 is 10.1 Å². The van der Waals surface area contributed by atoms with Crippen molar-refractivity contribution in [3.63, 3.8) is 0 Å². The molecule has 2 aromatic carbocycles. The molecule has 3 rings (SSSR count). The van der Waals surface area contributed by atoms with Crippen LogP contribution in [0.1, 0.15) is 48.5 Å². The Labute approximate surface area is 166 Å². The summed E-state index contributed by atoms with van der Waals surface area (Å²) < 4.78 is 19.0. The first kappa shape index (κ1) is 20.3. The van der Waals surface area contributed by atoms with Crippen LogP contribution in [0.3, 0.4) is 0 Å². The maximum Gasteiger partial charge on any atom is 0.251 e. The Hall–Kier alpha value is -2.40. The van der Waals surface area contributed by atoms with Crippen LogP contribution in [0, 0.1) is 5.82 Å². The molecule has 1 amide bonds. The summed E-state index contributed by atoms with van der Waals surface area (Å²) in [6.45, 7) is 7.76. The largest absolute Gasteiger partial charge is 0.492 e. The monoisotopic (exact) mass is 384 g/mol. The molecule has 1 aliphatic rings. The molecule has 28 heavy (non-hydrogen) atoms.